The number of benzene rings is 2. The van der Waals surface area contributed by atoms with Crippen LogP contribution in [0.1, 0.15) is 29.7 Å². The number of rotatable bonds is 5. The molecule has 0 bridgehead atoms. The fourth-order valence-electron chi connectivity index (χ4n) is 2.08. The zero-order valence-electron chi connectivity index (χ0n) is 11.6. The van der Waals surface area contributed by atoms with Gasteiger partial charge in [-0.25, -0.2) is 0 Å². The Kier molecular flexibility index (Phi) is 4.58. The number of ether oxygens (including phenoxy) is 1. The van der Waals surface area contributed by atoms with Crippen molar-refractivity contribution in [3.8, 4) is 5.75 Å². The molecular formula is C17H21NO. The van der Waals surface area contributed by atoms with Crippen molar-refractivity contribution in [2.45, 2.75) is 26.3 Å². The molecule has 2 heteroatoms. The van der Waals surface area contributed by atoms with Crippen molar-refractivity contribution in [2.24, 2.45) is 5.73 Å². The first-order chi connectivity index (χ1) is 9.16. The first-order valence-corrected chi connectivity index (χ1v) is 6.69. The van der Waals surface area contributed by atoms with Gasteiger partial charge in [0.25, 0.3) is 0 Å². The van der Waals surface area contributed by atoms with E-state index in [-0.39, 0.29) is 6.04 Å². The first-order valence-electron chi connectivity index (χ1n) is 6.69. The third-order valence-corrected chi connectivity index (χ3v) is 3.15. The summed E-state index contributed by atoms with van der Waals surface area (Å²) in [5.74, 6) is 0.900. The van der Waals surface area contributed by atoms with Crippen LogP contribution in [0.15, 0.2) is 48.5 Å². The summed E-state index contributed by atoms with van der Waals surface area (Å²) in [6.45, 7) is 4.73. The highest BCUT2D eigenvalue weighted by atomic mass is 16.5. The Labute approximate surface area is 115 Å². The SMILES string of the molecule is Cc1ccc(OCCc2ccccc2)c([C@H](C)N)c1. The van der Waals surface area contributed by atoms with Gasteiger partial charge in [-0.05, 0) is 25.5 Å². The van der Waals surface area contributed by atoms with E-state index in [9.17, 15) is 0 Å². The van der Waals surface area contributed by atoms with Crippen molar-refractivity contribution in [1.82, 2.24) is 0 Å². The standard InChI is InChI=1S/C17H21NO/c1-13-8-9-17(16(12-13)14(2)18)19-11-10-15-6-4-3-5-7-15/h3-9,12,14H,10-11,18H2,1-2H3/t14-/m0/s1. The van der Waals surface area contributed by atoms with E-state index in [1.165, 1.54) is 11.1 Å². The number of hydrogen-bond acceptors (Lipinski definition) is 2. The minimum absolute atomic E-state index is 0.00775. The van der Waals surface area contributed by atoms with Gasteiger partial charge in [-0.1, -0.05) is 48.0 Å². The van der Waals surface area contributed by atoms with E-state index in [4.69, 9.17) is 10.5 Å². The van der Waals surface area contributed by atoms with Crippen molar-refractivity contribution in [3.63, 3.8) is 0 Å². The lowest BCUT2D eigenvalue weighted by Gasteiger charge is -2.15. The lowest BCUT2D eigenvalue weighted by molar-refractivity contribution is 0.317. The summed E-state index contributed by atoms with van der Waals surface area (Å²) in [5, 5.41) is 0. The Morgan fingerprint density at radius 2 is 1.84 bits per heavy atom. The summed E-state index contributed by atoms with van der Waals surface area (Å²) < 4.78 is 5.88. The molecule has 19 heavy (non-hydrogen) atoms. The van der Waals surface area contributed by atoms with Crippen LogP contribution in [0.2, 0.25) is 0 Å². The molecule has 2 nitrogen and oxygen atoms in total. The molecule has 0 fully saturated rings. The van der Waals surface area contributed by atoms with Crippen LogP contribution in [0.25, 0.3) is 0 Å². The molecule has 0 radical (unpaired) electrons. The van der Waals surface area contributed by atoms with Gasteiger partial charge in [0.2, 0.25) is 0 Å². The van der Waals surface area contributed by atoms with Gasteiger partial charge in [-0.15, -0.1) is 0 Å². The molecule has 0 heterocycles. The number of aryl methyl sites for hydroxylation is 1. The highest BCUT2D eigenvalue weighted by Crippen LogP contribution is 2.25. The molecule has 0 aromatic heterocycles. The van der Waals surface area contributed by atoms with Gasteiger partial charge in [0.1, 0.15) is 5.75 Å². The molecule has 0 aliphatic carbocycles. The molecule has 0 amide bonds. The average Bonchev–Trinajstić information content (AvgIpc) is 2.41. The maximum Gasteiger partial charge on any atom is 0.124 e. The van der Waals surface area contributed by atoms with Gasteiger partial charge in [0, 0.05) is 18.0 Å². The molecule has 0 aliphatic rings. The highest BCUT2D eigenvalue weighted by Gasteiger charge is 2.08. The summed E-state index contributed by atoms with van der Waals surface area (Å²) in [7, 11) is 0. The molecule has 2 rings (SSSR count). The van der Waals surface area contributed by atoms with E-state index in [0.29, 0.717) is 6.61 Å². The van der Waals surface area contributed by atoms with Gasteiger partial charge < -0.3 is 10.5 Å². The smallest absolute Gasteiger partial charge is 0.124 e. The molecule has 0 aliphatic heterocycles. The van der Waals surface area contributed by atoms with Crippen molar-refractivity contribution in [3.05, 3.63) is 65.2 Å². The summed E-state index contributed by atoms with van der Waals surface area (Å²) in [5.41, 5.74) is 9.56. The molecular weight excluding hydrogens is 234 g/mol. The van der Waals surface area contributed by atoms with E-state index in [1.807, 2.05) is 19.1 Å². The summed E-state index contributed by atoms with van der Waals surface area (Å²) in [4.78, 5) is 0. The second-order valence-electron chi connectivity index (χ2n) is 4.91. The van der Waals surface area contributed by atoms with Crippen molar-refractivity contribution in [2.75, 3.05) is 6.61 Å². The second-order valence-corrected chi connectivity index (χ2v) is 4.91. The highest BCUT2D eigenvalue weighted by molar-refractivity contribution is 5.38. The zero-order chi connectivity index (χ0) is 13.7. The van der Waals surface area contributed by atoms with E-state index in [2.05, 4.69) is 43.3 Å². The van der Waals surface area contributed by atoms with Crippen LogP contribution in [0.5, 0.6) is 5.75 Å². The van der Waals surface area contributed by atoms with Gasteiger partial charge in [0.05, 0.1) is 6.61 Å². The molecule has 2 aromatic carbocycles. The predicted molar refractivity (Wildman–Crippen MR) is 79.4 cm³/mol. The summed E-state index contributed by atoms with van der Waals surface area (Å²) in [6.07, 6.45) is 0.910. The van der Waals surface area contributed by atoms with Gasteiger partial charge in [-0.2, -0.15) is 0 Å². The van der Waals surface area contributed by atoms with E-state index in [1.54, 1.807) is 0 Å². The van der Waals surface area contributed by atoms with Crippen LogP contribution in [0.3, 0.4) is 0 Å². The van der Waals surface area contributed by atoms with Gasteiger partial charge >= 0.3 is 0 Å². The summed E-state index contributed by atoms with van der Waals surface area (Å²) >= 11 is 0. The lowest BCUT2D eigenvalue weighted by Crippen LogP contribution is -2.10. The minimum atomic E-state index is -0.00775. The Morgan fingerprint density at radius 3 is 2.53 bits per heavy atom. The molecule has 0 unspecified atom stereocenters. The van der Waals surface area contributed by atoms with Crippen LogP contribution < -0.4 is 10.5 Å². The maximum atomic E-state index is 5.99. The van der Waals surface area contributed by atoms with Crippen LogP contribution in [0.4, 0.5) is 0 Å². The normalized spacial score (nSPS) is 12.2. The second kappa shape index (κ2) is 6.39. The third kappa shape index (κ3) is 3.83. The lowest BCUT2D eigenvalue weighted by atomic mass is 10.1. The summed E-state index contributed by atoms with van der Waals surface area (Å²) in [6, 6.07) is 16.5. The first kappa shape index (κ1) is 13.6. The van der Waals surface area contributed by atoms with Crippen LogP contribution in [-0.2, 0) is 6.42 Å². The molecule has 2 aromatic rings. The van der Waals surface area contributed by atoms with Gasteiger partial charge in [-0.3, -0.25) is 0 Å². The fourth-order valence-corrected chi connectivity index (χ4v) is 2.08. The van der Waals surface area contributed by atoms with Crippen molar-refractivity contribution >= 4 is 0 Å². The molecule has 1 atom stereocenters. The Balaban J connectivity index is 2.00. The molecule has 0 saturated heterocycles. The Morgan fingerprint density at radius 1 is 1.11 bits per heavy atom. The van der Waals surface area contributed by atoms with Crippen molar-refractivity contribution in [1.29, 1.82) is 0 Å². The fraction of sp³-hybridized carbons (Fsp3) is 0.294. The number of nitrogens with two attached hydrogens (primary N) is 1. The zero-order valence-corrected chi connectivity index (χ0v) is 11.6. The van der Waals surface area contributed by atoms with E-state index >= 15 is 0 Å². The largest absolute Gasteiger partial charge is 0.493 e. The van der Waals surface area contributed by atoms with E-state index < -0.39 is 0 Å². The van der Waals surface area contributed by atoms with Crippen LogP contribution in [-0.4, -0.2) is 6.61 Å². The van der Waals surface area contributed by atoms with Crippen molar-refractivity contribution < 1.29 is 4.74 Å². The topological polar surface area (TPSA) is 35.2 Å². The predicted octanol–water partition coefficient (Wildman–Crippen LogP) is 3.64. The average molecular weight is 255 g/mol. The minimum Gasteiger partial charge on any atom is -0.493 e. The Hall–Kier alpha value is -1.80. The molecule has 100 valence electrons. The van der Waals surface area contributed by atoms with Gasteiger partial charge in [0.15, 0.2) is 0 Å². The third-order valence-electron chi connectivity index (χ3n) is 3.15. The number of hydrogen-bond donors (Lipinski definition) is 1. The monoisotopic (exact) mass is 255 g/mol. The molecule has 2 N–H and O–H groups in total. The molecule has 0 saturated carbocycles. The molecule has 0 spiro atoms. The Bertz CT molecular complexity index is 520. The maximum absolute atomic E-state index is 5.99. The van der Waals surface area contributed by atoms with Crippen LogP contribution in [0, 0.1) is 6.92 Å². The van der Waals surface area contributed by atoms with Crippen LogP contribution >= 0.6 is 0 Å². The quantitative estimate of drug-likeness (QED) is 0.885. The van der Waals surface area contributed by atoms with E-state index in [0.717, 1.165) is 17.7 Å².